The average molecular weight is 611 g/mol. The third kappa shape index (κ3) is 11.2. The van der Waals surface area contributed by atoms with Crippen LogP contribution in [0.2, 0.25) is 0 Å². The number of esters is 2. The van der Waals surface area contributed by atoms with Gasteiger partial charge in [0, 0.05) is 12.5 Å². The van der Waals surface area contributed by atoms with Gasteiger partial charge in [0.15, 0.2) is 0 Å². The number of rotatable bonds is 4. The Hall–Kier alpha value is -4.12. The number of ether oxygens (including phenoxy) is 2. The SMILES string of the molecule is COC(=O)C1=C[C@@H](OC(C)=O)CC1.C[C@@H](O)c1cc(C(F)(F)F)cc(C(F)(F)F)c1.Cc1ccccc1-c1ccccc1. The molecule has 4 rings (SSSR count). The van der Waals surface area contributed by atoms with E-state index in [9.17, 15) is 35.9 Å². The molecule has 0 saturated carbocycles. The summed E-state index contributed by atoms with van der Waals surface area (Å²) >= 11 is 0. The summed E-state index contributed by atoms with van der Waals surface area (Å²) in [6.07, 6.45) is -8.50. The van der Waals surface area contributed by atoms with Gasteiger partial charge in [-0.2, -0.15) is 26.3 Å². The number of carbonyl (C=O) groups excluding carboxylic acids is 2. The lowest BCUT2D eigenvalue weighted by Crippen LogP contribution is -2.12. The molecule has 1 N–H and O–H groups in total. The fourth-order valence-electron chi connectivity index (χ4n) is 4.03. The van der Waals surface area contributed by atoms with E-state index in [-0.39, 0.29) is 24.1 Å². The monoisotopic (exact) mass is 610 g/mol. The Kier molecular flexibility index (Phi) is 12.5. The number of hydrogen-bond donors (Lipinski definition) is 1. The van der Waals surface area contributed by atoms with E-state index in [0.717, 1.165) is 6.92 Å². The number of alkyl halides is 6. The lowest BCUT2D eigenvalue weighted by molar-refractivity contribution is -0.145. The van der Waals surface area contributed by atoms with Crippen molar-refractivity contribution in [3.05, 3.63) is 107 Å². The first-order valence-electron chi connectivity index (χ1n) is 13.1. The van der Waals surface area contributed by atoms with Crippen LogP contribution >= 0.6 is 0 Å². The summed E-state index contributed by atoms with van der Waals surface area (Å²) in [5.41, 5.74) is 1.25. The van der Waals surface area contributed by atoms with E-state index in [2.05, 4.69) is 60.2 Å². The van der Waals surface area contributed by atoms with Gasteiger partial charge < -0.3 is 14.6 Å². The van der Waals surface area contributed by atoms with Crippen molar-refractivity contribution in [3.8, 4) is 11.1 Å². The van der Waals surface area contributed by atoms with Crippen LogP contribution in [0.5, 0.6) is 0 Å². The standard InChI is InChI=1S/C13H12.C10H8F6O.C9H12O4/c1-11-7-5-6-10-13(11)12-8-3-2-4-9-12;1-5(17)6-2-7(9(11,12)13)4-8(3-6)10(14,15)16;1-6(10)13-8-4-3-7(5-8)9(11)12-2/h2-10H,1H3;2-5,17H,1H3;5,8H,3-4H2,1-2H3/t;5-;8-/m.10/s1. The summed E-state index contributed by atoms with van der Waals surface area (Å²) in [5, 5.41) is 9.07. The zero-order valence-corrected chi connectivity index (χ0v) is 23.9. The van der Waals surface area contributed by atoms with Crippen molar-refractivity contribution in [2.45, 2.75) is 58.2 Å². The molecule has 3 aromatic rings. The van der Waals surface area contributed by atoms with Crippen molar-refractivity contribution in [1.82, 2.24) is 0 Å². The Balaban J connectivity index is 0.000000228. The molecular weight excluding hydrogens is 578 g/mol. The van der Waals surface area contributed by atoms with E-state index in [1.54, 1.807) is 6.08 Å². The molecule has 0 unspecified atom stereocenters. The van der Waals surface area contributed by atoms with Crippen molar-refractivity contribution in [2.24, 2.45) is 0 Å². The van der Waals surface area contributed by atoms with Gasteiger partial charge in [-0.15, -0.1) is 0 Å². The minimum absolute atomic E-state index is 0.0197. The molecule has 0 aliphatic heterocycles. The number of benzene rings is 3. The van der Waals surface area contributed by atoms with Crippen molar-refractivity contribution >= 4 is 11.9 Å². The highest BCUT2D eigenvalue weighted by Gasteiger charge is 2.37. The van der Waals surface area contributed by atoms with Crippen LogP contribution in [-0.2, 0) is 31.4 Å². The van der Waals surface area contributed by atoms with Crippen LogP contribution in [0.25, 0.3) is 11.1 Å². The summed E-state index contributed by atoms with van der Waals surface area (Å²) in [4.78, 5) is 21.6. The molecule has 3 aromatic carbocycles. The lowest BCUT2D eigenvalue weighted by Gasteiger charge is -2.15. The van der Waals surface area contributed by atoms with Crippen LogP contribution in [0.4, 0.5) is 26.3 Å². The van der Waals surface area contributed by atoms with E-state index >= 15 is 0 Å². The van der Waals surface area contributed by atoms with E-state index in [1.807, 2.05) is 6.07 Å². The number of aliphatic hydroxyl groups excluding tert-OH is 1. The summed E-state index contributed by atoms with van der Waals surface area (Å²) in [5.74, 6) is -0.665. The molecule has 1 aliphatic carbocycles. The second kappa shape index (κ2) is 15.4. The maximum Gasteiger partial charge on any atom is 0.416 e. The van der Waals surface area contributed by atoms with Gasteiger partial charge in [0.25, 0.3) is 0 Å². The van der Waals surface area contributed by atoms with Gasteiger partial charge in [-0.3, -0.25) is 4.79 Å². The van der Waals surface area contributed by atoms with Gasteiger partial charge in [0.2, 0.25) is 0 Å². The summed E-state index contributed by atoms with van der Waals surface area (Å²) in [6, 6.07) is 19.9. The molecule has 43 heavy (non-hydrogen) atoms. The highest BCUT2D eigenvalue weighted by molar-refractivity contribution is 5.89. The fourth-order valence-corrected chi connectivity index (χ4v) is 4.03. The first kappa shape index (κ1) is 35.1. The minimum atomic E-state index is -4.88. The maximum atomic E-state index is 12.4. The van der Waals surface area contributed by atoms with E-state index in [4.69, 9.17) is 9.84 Å². The molecule has 0 saturated heterocycles. The third-order valence-electron chi connectivity index (χ3n) is 6.17. The number of hydrogen-bond acceptors (Lipinski definition) is 5. The third-order valence-corrected chi connectivity index (χ3v) is 6.17. The van der Waals surface area contributed by atoms with Gasteiger partial charge in [0.05, 0.1) is 24.3 Å². The molecule has 1 aliphatic rings. The molecule has 232 valence electrons. The summed E-state index contributed by atoms with van der Waals surface area (Å²) < 4.78 is 83.6. The molecule has 0 aromatic heterocycles. The Labute approximate surface area is 245 Å². The van der Waals surface area contributed by atoms with Crippen LogP contribution in [0.1, 0.15) is 55.0 Å². The molecule has 0 amide bonds. The molecule has 0 radical (unpaired) electrons. The summed E-state index contributed by atoms with van der Waals surface area (Å²) in [6.45, 7) is 4.59. The van der Waals surface area contributed by atoms with E-state index in [1.165, 1.54) is 30.7 Å². The number of aliphatic hydroxyl groups is 1. The Bertz CT molecular complexity index is 1360. The number of aryl methyl sites for hydroxylation is 1. The largest absolute Gasteiger partial charge is 0.466 e. The van der Waals surface area contributed by atoms with Crippen LogP contribution < -0.4 is 0 Å². The number of methoxy groups -OCH3 is 1. The molecule has 0 fully saturated rings. The van der Waals surface area contributed by atoms with Gasteiger partial charge in [-0.05, 0) is 73.2 Å². The molecular formula is C32H32F6O5. The van der Waals surface area contributed by atoms with Gasteiger partial charge in [0.1, 0.15) is 6.10 Å². The highest BCUT2D eigenvalue weighted by atomic mass is 19.4. The van der Waals surface area contributed by atoms with Gasteiger partial charge in [-0.1, -0.05) is 54.6 Å². The summed E-state index contributed by atoms with van der Waals surface area (Å²) in [7, 11) is 1.34. The Morgan fingerprint density at radius 1 is 0.884 bits per heavy atom. The molecule has 5 nitrogen and oxygen atoms in total. The smallest absolute Gasteiger partial charge is 0.416 e. The quantitative estimate of drug-likeness (QED) is 0.238. The van der Waals surface area contributed by atoms with Crippen molar-refractivity contribution in [2.75, 3.05) is 7.11 Å². The zero-order chi connectivity index (χ0) is 32.4. The maximum absolute atomic E-state index is 12.4. The Morgan fingerprint density at radius 3 is 1.88 bits per heavy atom. The molecule has 0 bridgehead atoms. The van der Waals surface area contributed by atoms with Crippen molar-refractivity contribution < 1.29 is 50.5 Å². The topological polar surface area (TPSA) is 72.8 Å². The second-order valence-electron chi connectivity index (χ2n) is 9.57. The fraction of sp³-hybridized carbons (Fsp3) is 0.312. The first-order chi connectivity index (χ1) is 20.0. The van der Waals surface area contributed by atoms with Crippen LogP contribution in [0.15, 0.2) is 84.4 Å². The minimum Gasteiger partial charge on any atom is -0.466 e. The van der Waals surface area contributed by atoms with Crippen LogP contribution in [0, 0.1) is 6.92 Å². The molecule has 11 heteroatoms. The Morgan fingerprint density at radius 2 is 1.42 bits per heavy atom. The normalized spacial score (nSPS) is 15.1. The van der Waals surface area contributed by atoms with Crippen molar-refractivity contribution in [1.29, 1.82) is 0 Å². The molecule has 0 spiro atoms. The predicted octanol–water partition coefficient (Wildman–Crippen LogP) is 8.25. The zero-order valence-electron chi connectivity index (χ0n) is 23.9. The van der Waals surface area contributed by atoms with Crippen molar-refractivity contribution in [3.63, 3.8) is 0 Å². The second-order valence-corrected chi connectivity index (χ2v) is 9.57. The molecule has 2 atom stereocenters. The predicted molar refractivity (Wildman–Crippen MR) is 149 cm³/mol. The highest BCUT2D eigenvalue weighted by Crippen LogP contribution is 2.37. The van der Waals surface area contributed by atoms with Crippen LogP contribution in [0.3, 0.4) is 0 Å². The van der Waals surface area contributed by atoms with E-state index in [0.29, 0.717) is 30.5 Å². The first-order valence-corrected chi connectivity index (χ1v) is 13.1. The average Bonchev–Trinajstić information content (AvgIpc) is 3.40. The van der Waals surface area contributed by atoms with E-state index < -0.39 is 35.1 Å². The van der Waals surface area contributed by atoms with Gasteiger partial charge >= 0.3 is 24.3 Å². The van der Waals surface area contributed by atoms with Crippen LogP contribution in [-0.4, -0.2) is 30.3 Å². The lowest BCUT2D eigenvalue weighted by atomic mass is 10.0. The number of carbonyl (C=O) groups is 2. The molecule has 0 heterocycles. The van der Waals surface area contributed by atoms with Gasteiger partial charge in [-0.25, -0.2) is 4.79 Å². The number of halogens is 6.